The number of carbonyl (C=O) groups is 1. The first-order chi connectivity index (χ1) is 13.6. The lowest BCUT2D eigenvalue weighted by atomic mass is 10.3. The summed E-state index contributed by atoms with van der Waals surface area (Å²) < 4.78 is 13.7. The summed E-state index contributed by atoms with van der Waals surface area (Å²) in [6.45, 7) is 7.41. The molecule has 6 nitrogen and oxygen atoms in total. The average molecular weight is 381 g/mol. The van der Waals surface area contributed by atoms with E-state index in [9.17, 15) is 4.79 Å². The van der Waals surface area contributed by atoms with Crippen molar-refractivity contribution in [2.24, 2.45) is 0 Å². The molecule has 2 aromatic carbocycles. The number of hydrogen-bond acceptors (Lipinski definition) is 4. The lowest BCUT2D eigenvalue weighted by molar-refractivity contribution is -0.121. The Morgan fingerprint density at radius 3 is 2.46 bits per heavy atom. The fourth-order valence-electron chi connectivity index (χ4n) is 3.16. The zero-order valence-corrected chi connectivity index (χ0v) is 16.6. The normalized spacial score (nSPS) is 12.0. The quantitative estimate of drug-likeness (QED) is 0.606. The third-order valence-corrected chi connectivity index (χ3v) is 4.49. The van der Waals surface area contributed by atoms with Crippen molar-refractivity contribution in [1.82, 2.24) is 14.9 Å². The number of nitrogens with zero attached hydrogens (tertiary/aromatic N) is 2. The maximum atomic E-state index is 11.8. The molecule has 0 radical (unpaired) electrons. The molecule has 6 heteroatoms. The number of amides is 1. The molecule has 1 unspecified atom stereocenters. The Labute approximate surface area is 165 Å². The molecule has 1 atom stereocenters. The van der Waals surface area contributed by atoms with Crippen LogP contribution in [0.25, 0.3) is 11.0 Å². The zero-order chi connectivity index (χ0) is 19.9. The lowest BCUT2D eigenvalue weighted by Crippen LogP contribution is -2.28. The van der Waals surface area contributed by atoms with Crippen LogP contribution in [0, 0.1) is 0 Å². The molecule has 3 rings (SSSR count). The highest BCUT2D eigenvalue weighted by molar-refractivity contribution is 5.77. The Balaban J connectivity index is 1.80. The number of para-hydroxylation sites is 4. The van der Waals surface area contributed by atoms with Crippen molar-refractivity contribution in [2.45, 2.75) is 39.8 Å². The van der Waals surface area contributed by atoms with Gasteiger partial charge in [-0.3, -0.25) is 4.79 Å². The first-order valence-corrected chi connectivity index (χ1v) is 9.73. The first-order valence-electron chi connectivity index (χ1n) is 9.73. The van der Waals surface area contributed by atoms with Crippen LogP contribution in [0.3, 0.4) is 0 Å². The second kappa shape index (κ2) is 9.26. The number of benzene rings is 2. The molecular formula is C22H27N3O3. The predicted molar refractivity (Wildman–Crippen MR) is 110 cm³/mol. The van der Waals surface area contributed by atoms with Gasteiger partial charge >= 0.3 is 0 Å². The second-order valence-corrected chi connectivity index (χ2v) is 6.48. The molecule has 0 aliphatic heterocycles. The fraction of sp³-hybridized carbons (Fsp3) is 0.364. The number of imidazole rings is 1. The van der Waals surface area contributed by atoms with Crippen LogP contribution in [0.1, 0.15) is 39.1 Å². The van der Waals surface area contributed by atoms with Crippen molar-refractivity contribution in [3.8, 4) is 11.5 Å². The van der Waals surface area contributed by atoms with Crippen molar-refractivity contribution >= 4 is 16.9 Å². The van der Waals surface area contributed by atoms with E-state index < -0.39 is 0 Å². The van der Waals surface area contributed by atoms with Crippen LogP contribution in [-0.2, 0) is 11.3 Å². The van der Waals surface area contributed by atoms with Crippen LogP contribution in [0.2, 0.25) is 0 Å². The van der Waals surface area contributed by atoms with Gasteiger partial charge < -0.3 is 19.4 Å². The molecule has 0 saturated heterocycles. The molecule has 1 amide bonds. The topological polar surface area (TPSA) is 65.4 Å². The van der Waals surface area contributed by atoms with Crippen LogP contribution in [-0.4, -0.2) is 28.7 Å². The SMILES string of the molecule is CCOc1ccccc1OCCn1c(C(C)NC(=O)CC)nc2ccccc21. The number of nitrogens with one attached hydrogen (secondary N) is 1. The summed E-state index contributed by atoms with van der Waals surface area (Å²) in [6.07, 6.45) is 0.446. The summed E-state index contributed by atoms with van der Waals surface area (Å²) in [5.41, 5.74) is 1.93. The van der Waals surface area contributed by atoms with Gasteiger partial charge in [0, 0.05) is 6.42 Å². The van der Waals surface area contributed by atoms with Crippen LogP contribution in [0.4, 0.5) is 0 Å². The highest BCUT2D eigenvalue weighted by Crippen LogP contribution is 2.27. The van der Waals surface area contributed by atoms with Crippen molar-refractivity contribution in [1.29, 1.82) is 0 Å². The van der Waals surface area contributed by atoms with Crippen molar-refractivity contribution in [3.05, 3.63) is 54.4 Å². The first kappa shape index (κ1) is 19.7. The minimum atomic E-state index is -0.185. The zero-order valence-electron chi connectivity index (χ0n) is 16.6. The van der Waals surface area contributed by atoms with E-state index >= 15 is 0 Å². The number of hydrogen-bond donors (Lipinski definition) is 1. The lowest BCUT2D eigenvalue weighted by Gasteiger charge is -2.17. The monoisotopic (exact) mass is 381 g/mol. The van der Waals surface area contributed by atoms with E-state index in [0.29, 0.717) is 26.2 Å². The Morgan fingerprint density at radius 2 is 1.75 bits per heavy atom. The van der Waals surface area contributed by atoms with E-state index in [2.05, 4.69) is 9.88 Å². The maximum absolute atomic E-state index is 11.8. The molecule has 0 spiro atoms. The van der Waals surface area contributed by atoms with Gasteiger partial charge in [0.1, 0.15) is 12.4 Å². The molecule has 0 bridgehead atoms. The number of rotatable bonds is 9. The van der Waals surface area contributed by atoms with Crippen LogP contribution < -0.4 is 14.8 Å². The van der Waals surface area contributed by atoms with E-state index in [1.54, 1.807) is 0 Å². The van der Waals surface area contributed by atoms with Crippen molar-refractivity contribution in [2.75, 3.05) is 13.2 Å². The minimum Gasteiger partial charge on any atom is -0.490 e. The molecule has 1 aromatic heterocycles. The van der Waals surface area contributed by atoms with Gasteiger partial charge in [0.2, 0.25) is 5.91 Å². The molecule has 1 heterocycles. The fourth-order valence-corrected chi connectivity index (χ4v) is 3.16. The smallest absolute Gasteiger partial charge is 0.220 e. The summed E-state index contributed by atoms with van der Waals surface area (Å²) in [6, 6.07) is 15.5. The van der Waals surface area contributed by atoms with Gasteiger partial charge in [-0.25, -0.2) is 4.98 Å². The molecular weight excluding hydrogens is 354 g/mol. The third kappa shape index (κ3) is 4.44. The molecule has 1 N–H and O–H groups in total. The van der Waals surface area contributed by atoms with Crippen LogP contribution in [0.5, 0.6) is 11.5 Å². The van der Waals surface area contributed by atoms with Crippen LogP contribution >= 0.6 is 0 Å². The van der Waals surface area contributed by atoms with Gasteiger partial charge in [-0.2, -0.15) is 0 Å². The molecule has 0 aliphatic carbocycles. The molecule has 0 saturated carbocycles. The highest BCUT2D eigenvalue weighted by Gasteiger charge is 2.18. The molecule has 0 fully saturated rings. The predicted octanol–water partition coefficient (Wildman–Crippen LogP) is 4.10. The third-order valence-electron chi connectivity index (χ3n) is 4.49. The van der Waals surface area contributed by atoms with E-state index in [-0.39, 0.29) is 11.9 Å². The van der Waals surface area contributed by atoms with Gasteiger partial charge in [-0.05, 0) is 38.1 Å². The largest absolute Gasteiger partial charge is 0.490 e. The van der Waals surface area contributed by atoms with E-state index in [0.717, 1.165) is 28.4 Å². The van der Waals surface area contributed by atoms with Crippen molar-refractivity contribution < 1.29 is 14.3 Å². The second-order valence-electron chi connectivity index (χ2n) is 6.48. The summed E-state index contributed by atoms with van der Waals surface area (Å²) in [4.78, 5) is 16.6. The summed E-state index contributed by atoms with van der Waals surface area (Å²) in [5, 5.41) is 3.00. The van der Waals surface area contributed by atoms with E-state index in [4.69, 9.17) is 14.5 Å². The maximum Gasteiger partial charge on any atom is 0.220 e. The molecule has 3 aromatic rings. The minimum absolute atomic E-state index is 0.00741. The number of fused-ring (bicyclic) bond motifs is 1. The van der Waals surface area contributed by atoms with Crippen LogP contribution in [0.15, 0.2) is 48.5 Å². The molecule has 148 valence electrons. The molecule has 0 aliphatic rings. The van der Waals surface area contributed by atoms with Gasteiger partial charge in [0.15, 0.2) is 11.5 Å². The number of ether oxygens (including phenoxy) is 2. The standard InChI is InChI=1S/C22H27N3O3/c1-4-21(26)23-16(3)22-24-17-10-6-7-11-18(17)25(22)14-15-28-20-13-9-8-12-19(20)27-5-2/h6-13,16H,4-5,14-15H2,1-3H3,(H,23,26). The Hall–Kier alpha value is -3.02. The molecule has 28 heavy (non-hydrogen) atoms. The summed E-state index contributed by atoms with van der Waals surface area (Å²) in [5.74, 6) is 2.30. The van der Waals surface area contributed by atoms with Gasteiger partial charge in [-0.1, -0.05) is 31.2 Å². The summed E-state index contributed by atoms with van der Waals surface area (Å²) >= 11 is 0. The Kier molecular flexibility index (Phi) is 6.53. The van der Waals surface area contributed by atoms with E-state index in [1.165, 1.54) is 0 Å². The van der Waals surface area contributed by atoms with E-state index in [1.807, 2.05) is 69.3 Å². The Morgan fingerprint density at radius 1 is 1.07 bits per heavy atom. The highest BCUT2D eigenvalue weighted by atomic mass is 16.5. The average Bonchev–Trinajstić information content (AvgIpc) is 3.08. The summed E-state index contributed by atoms with van der Waals surface area (Å²) in [7, 11) is 0. The number of carbonyl (C=O) groups excluding carboxylic acids is 1. The Bertz CT molecular complexity index is 936. The van der Waals surface area contributed by atoms with Gasteiger partial charge in [0.05, 0.1) is 30.2 Å². The van der Waals surface area contributed by atoms with Gasteiger partial charge in [0.25, 0.3) is 0 Å². The number of aromatic nitrogens is 2. The van der Waals surface area contributed by atoms with Gasteiger partial charge in [-0.15, -0.1) is 0 Å². The van der Waals surface area contributed by atoms with Crippen molar-refractivity contribution in [3.63, 3.8) is 0 Å².